The molecule has 0 atom stereocenters. The molecule has 0 aromatic heterocycles. The van der Waals surface area contributed by atoms with Gasteiger partial charge in [-0.2, -0.15) is 0 Å². The summed E-state index contributed by atoms with van der Waals surface area (Å²) in [5.41, 5.74) is 0.598. The number of carbonyl (C=O) groups excluding carboxylic acids is 2. The first-order valence-corrected chi connectivity index (χ1v) is 26.2. The number of aliphatic hydroxyl groups is 1. The van der Waals surface area contributed by atoms with E-state index in [1.165, 1.54) is 103 Å². The summed E-state index contributed by atoms with van der Waals surface area (Å²) in [7, 11) is 0. The highest BCUT2D eigenvalue weighted by Gasteiger charge is 2.15. The van der Waals surface area contributed by atoms with Gasteiger partial charge in [-0.25, -0.2) is 0 Å². The van der Waals surface area contributed by atoms with E-state index >= 15 is 0 Å². The van der Waals surface area contributed by atoms with Crippen molar-refractivity contribution >= 4 is 11.9 Å². The molecule has 0 saturated carbocycles. The lowest BCUT2D eigenvalue weighted by Gasteiger charge is -2.18. The maximum Gasteiger partial charge on any atom is 0.305 e. The van der Waals surface area contributed by atoms with Crippen LogP contribution in [0, 0.1) is 0 Å². The number of unbranched alkanes of at least 4 members (excludes halogenated alkanes) is 20. The van der Waals surface area contributed by atoms with Crippen LogP contribution >= 0.6 is 0 Å². The van der Waals surface area contributed by atoms with Crippen LogP contribution in [0.2, 0.25) is 0 Å². The average Bonchev–Trinajstić information content (AvgIpc) is 3.30. The molecule has 0 heterocycles. The Morgan fingerprint density at radius 3 is 1.17 bits per heavy atom. The highest BCUT2D eigenvalue weighted by molar-refractivity contribution is 5.69. The van der Waals surface area contributed by atoms with Crippen molar-refractivity contribution in [2.45, 2.75) is 240 Å². The molecule has 1 N–H and O–H groups in total. The van der Waals surface area contributed by atoms with E-state index in [0.717, 1.165) is 51.4 Å². The molecule has 11 heteroatoms. The number of rotatable bonds is 49. The van der Waals surface area contributed by atoms with Crippen LogP contribution in [0.5, 0.6) is 11.5 Å². The van der Waals surface area contributed by atoms with Crippen molar-refractivity contribution in [3.05, 3.63) is 23.8 Å². The van der Waals surface area contributed by atoms with Crippen molar-refractivity contribution in [3.63, 3.8) is 0 Å². The van der Waals surface area contributed by atoms with Crippen molar-refractivity contribution in [1.29, 1.82) is 0 Å². The molecule has 0 bridgehead atoms. The van der Waals surface area contributed by atoms with Gasteiger partial charge in [-0.15, -0.1) is 0 Å². The quantitative estimate of drug-likeness (QED) is 0.0381. The molecule has 0 aliphatic carbocycles. The Bertz CT molecular complexity index is 1150. The van der Waals surface area contributed by atoms with Crippen molar-refractivity contribution in [3.8, 4) is 11.5 Å². The van der Waals surface area contributed by atoms with Gasteiger partial charge in [-0.1, -0.05) is 156 Å². The third kappa shape index (κ3) is 36.7. The normalized spacial score (nSPS) is 11.5. The van der Waals surface area contributed by atoms with Gasteiger partial charge in [0, 0.05) is 57.7 Å². The SMILES string of the molecule is CCCCCCCCOC(CCC(=O)OCCCOc1ccc(OCCCOC(=O)CCC(OCCCCCCCC)OCCCCCCCC)c(CO)c1)OCCCCCCCC. The van der Waals surface area contributed by atoms with Crippen LogP contribution in [0.15, 0.2) is 18.2 Å². The summed E-state index contributed by atoms with van der Waals surface area (Å²) in [5, 5.41) is 10.0. The molecule has 0 unspecified atom stereocenters. The number of esters is 2. The lowest BCUT2D eigenvalue weighted by molar-refractivity contribution is -0.159. The molecule has 374 valence electrons. The maximum atomic E-state index is 12.6. The second-order valence-corrected chi connectivity index (χ2v) is 17.3. The fourth-order valence-electron chi connectivity index (χ4n) is 7.21. The Hall–Kier alpha value is -2.44. The predicted molar refractivity (Wildman–Crippen MR) is 258 cm³/mol. The average molecular weight is 909 g/mol. The minimum Gasteiger partial charge on any atom is -0.493 e. The Labute approximate surface area is 391 Å². The predicted octanol–water partition coefficient (Wildman–Crippen LogP) is 13.5. The summed E-state index contributed by atoms with van der Waals surface area (Å²) in [5.74, 6) is 0.601. The fourth-order valence-corrected chi connectivity index (χ4v) is 7.21. The number of carbonyl (C=O) groups is 2. The van der Waals surface area contributed by atoms with E-state index < -0.39 is 6.29 Å². The van der Waals surface area contributed by atoms with Crippen molar-refractivity contribution in [2.75, 3.05) is 52.9 Å². The van der Waals surface area contributed by atoms with Crippen LogP contribution in [-0.4, -0.2) is 82.5 Å². The van der Waals surface area contributed by atoms with E-state index in [1.807, 2.05) is 0 Å². The third-order valence-corrected chi connectivity index (χ3v) is 11.2. The first-order chi connectivity index (χ1) is 31.5. The van der Waals surface area contributed by atoms with Gasteiger partial charge in [-0.05, 0) is 43.9 Å². The number of hydrogen-bond donors (Lipinski definition) is 1. The van der Waals surface area contributed by atoms with E-state index in [-0.39, 0.29) is 50.9 Å². The standard InChI is InChI=1S/C53H96O11/c1-5-9-13-17-21-25-37-61-52(62-38-26-22-18-14-10-6-2)35-33-50(55)59-43-29-41-57-48-31-32-49(47(45-48)46-54)58-42-30-44-60-51(56)34-36-53(63-39-27-23-19-15-11-7-3)64-40-28-24-20-16-12-8-4/h31-32,45,52-54H,5-30,33-44,46H2,1-4H3. The summed E-state index contributed by atoms with van der Waals surface area (Å²) >= 11 is 0. The van der Waals surface area contributed by atoms with Gasteiger partial charge in [0.1, 0.15) is 11.5 Å². The van der Waals surface area contributed by atoms with E-state index in [4.69, 9.17) is 37.9 Å². The van der Waals surface area contributed by atoms with Gasteiger partial charge in [0.2, 0.25) is 0 Å². The number of aliphatic hydroxyl groups excluding tert-OH is 1. The summed E-state index contributed by atoms with van der Waals surface area (Å²) in [6.45, 7) is 12.4. The van der Waals surface area contributed by atoms with Gasteiger partial charge in [0.25, 0.3) is 0 Å². The highest BCUT2D eigenvalue weighted by atomic mass is 16.7. The zero-order valence-electron chi connectivity index (χ0n) is 41.5. The Morgan fingerprint density at radius 1 is 0.438 bits per heavy atom. The minimum absolute atomic E-state index is 0.214. The van der Waals surface area contributed by atoms with Gasteiger partial charge >= 0.3 is 11.9 Å². The highest BCUT2D eigenvalue weighted by Crippen LogP contribution is 2.25. The van der Waals surface area contributed by atoms with Crippen LogP contribution in [0.4, 0.5) is 0 Å². The lowest BCUT2D eigenvalue weighted by atomic mass is 10.1. The number of ether oxygens (including phenoxy) is 8. The number of hydrogen-bond acceptors (Lipinski definition) is 11. The topological polar surface area (TPSA) is 128 Å². The molecule has 1 rings (SSSR count). The van der Waals surface area contributed by atoms with Crippen molar-refractivity contribution < 1.29 is 52.6 Å². The van der Waals surface area contributed by atoms with Gasteiger partial charge in [-0.3, -0.25) is 9.59 Å². The molecular formula is C53H96O11. The van der Waals surface area contributed by atoms with E-state index in [2.05, 4.69) is 27.7 Å². The lowest BCUT2D eigenvalue weighted by Crippen LogP contribution is -2.21. The van der Waals surface area contributed by atoms with Gasteiger partial charge in [0.15, 0.2) is 12.6 Å². The van der Waals surface area contributed by atoms with Crippen molar-refractivity contribution in [1.82, 2.24) is 0 Å². The van der Waals surface area contributed by atoms with Crippen LogP contribution < -0.4 is 9.47 Å². The summed E-state index contributed by atoms with van der Waals surface area (Å²) < 4.78 is 47.0. The minimum atomic E-state index is -0.392. The molecule has 0 fully saturated rings. The molecule has 0 radical (unpaired) electrons. The zero-order chi connectivity index (χ0) is 46.4. The van der Waals surface area contributed by atoms with Crippen LogP contribution in [-0.2, 0) is 44.6 Å². The maximum absolute atomic E-state index is 12.6. The zero-order valence-corrected chi connectivity index (χ0v) is 41.5. The first kappa shape index (κ1) is 59.6. The molecule has 0 aliphatic heterocycles. The molecule has 0 amide bonds. The third-order valence-electron chi connectivity index (χ3n) is 11.2. The second-order valence-electron chi connectivity index (χ2n) is 17.3. The van der Waals surface area contributed by atoms with Gasteiger partial charge < -0.3 is 43.0 Å². The van der Waals surface area contributed by atoms with E-state index in [9.17, 15) is 14.7 Å². The monoisotopic (exact) mass is 909 g/mol. The smallest absolute Gasteiger partial charge is 0.305 e. The van der Waals surface area contributed by atoms with Crippen LogP contribution in [0.3, 0.4) is 0 Å². The largest absolute Gasteiger partial charge is 0.493 e. The Kier molecular flexibility index (Phi) is 42.5. The molecule has 0 aliphatic rings. The first-order valence-electron chi connectivity index (χ1n) is 26.2. The number of benzene rings is 1. The van der Waals surface area contributed by atoms with E-state index in [0.29, 0.717) is 82.4 Å². The molecule has 64 heavy (non-hydrogen) atoms. The van der Waals surface area contributed by atoms with Crippen LogP contribution in [0.1, 0.15) is 226 Å². The fraction of sp³-hybridized carbons (Fsp3) is 0.849. The van der Waals surface area contributed by atoms with Crippen molar-refractivity contribution in [2.24, 2.45) is 0 Å². The molecule has 0 saturated heterocycles. The molecular weight excluding hydrogens is 813 g/mol. The summed E-state index contributed by atoms with van der Waals surface area (Å²) in [6.07, 6.45) is 30.4. The molecule has 1 aromatic rings. The Morgan fingerprint density at radius 2 is 0.797 bits per heavy atom. The molecule has 0 spiro atoms. The summed E-state index contributed by atoms with van der Waals surface area (Å²) in [4.78, 5) is 25.1. The molecule has 11 nitrogen and oxygen atoms in total. The Balaban J connectivity index is 2.36. The second kappa shape index (κ2) is 45.7. The molecule has 1 aromatic carbocycles. The van der Waals surface area contributed by atoms with Gasteiger partial charge in [0.05, 0.1) is 45.9 Å². The summed E-state index contributed by atoms with van der Waals surface area (Å²) in [6, 6.07) is 5.30. The van der Waals surface area contributed by atoms with E-state index in [1.54, 1.807) is 18.2 Å². The van der Waals surface area contributed by atoms with Crippen LogP contribution in [0.25, 0.3) is 0 Å².